The van der Waals surface area contributed by atoms with Gasteiger partial charge in [-0.3, -0.25) is 4.40 Å². The second-order valence-electron chi connectivity index (χ2n) is 5.30. The molecule has 0 unspecified atom stereocenters. The molecule has 0 saturated carbocycles. The maximum absolute atomic E-state index is 9.49. The highest BCUT2D eigenvalue weighted by Crippen LogP contribution is 2.35. The molecule has 116 valence electrons. The first-order valence-corrected chi connectivity index (χ1v) is 7.61. The van der Waals surface area contributed by atoms with Crippen molar-refractivity contribution in [2.75, 3.05) is 19.0 Å². The molecule has 23 heavy (non-hydrogen) atoms. The maximum Gasteiger partial charge on any atom is 0.213 e. The van der Waals surface area contributed by atoms with Crippen LogP contribution >= 0.6 is 23.2 Å². The van der Waals surface area contributed by atoms with Crippen LogP contribution < -0.4 is 4.90 Å². The lowest BCUT2D eigenvalue weighted by molar-refractivity contribution is 0.899. The average molecular weight is 346 g/mol. The maximum atomic E-state index is 9.49. The third-order valence-corrected chi connectivity index (χ3v) is 3.99. The van der Waals surface area contributed by atoms with Gasteiger partial charge in [-0.15, -0.1) is 0 Å². The molecule has 0 radical (unpaired) electrons. The summed E-state index contributed by atoms with van der Waals surface area (Å²) in [5.74, 6) is 1.26. The molecular weight excluding hydrogens is 333 g/mol. The third-order valence-electron chi connectivity index (χ3n) is 3.44. The first-order chi connectivity index (χ1) is 10.9. The lowest BCUT2D eigenvalue weighted by atomic mass is 10.1. The first kappa shape index (κ1) is 15.6. The number of aryl methyl sites for hydroxylation is 1. The van der Waals surface area contributed by atoms with Crippen LogP contribution in [0.25, 0.3) is 16.8 Å². The van der Waals surface area contributed by atoms with Crippen LogP contribution in [0.15, 0.2) is 24.3 Å². The Labute approximate surface area is 143 Å². The number of benzene rings is 1. The van der Waals surface area contributed by atoms with Gasteiger partial charge in [-0.05, 0) is 25.1 Å². The summed E-state index contributed by atoms with van der Waals surface area (Å²) in [6, 6.07) is 9.23. The predicted molar refractivity (Wildman–Crippen MR) is 92.2 cm³/mol. The van der Waals surface area contributed by atoms with Crippen molar-refractivity contribution in [2.24, 2.45) is 0 Å². The Morgan fingerprint density at radius 1 is 1.13 bits per heavy atom. The minimum Gasteiger partial charge on any atom is -0.348 e. The smallest absolute Gasteiger partial charge is 0.213 e. The van der Waals surface area contributed by atoms with Crippen molar-refractivity contribution >= 4 is 34.8 Å². The van der Waals surface area contributed by atoms with Crippen LogP contribution in [0.3, 0.4) is 0 Å². The molecular formula is C16H13Cl2N5. The zero-order valence-corrected chi connectivity index (χ0v) is 14.3. The minimum atomic E-state index is 0.449. The first-order valence-electron chi connectivity index (χ1n) is 6.85. The molecule has 1 aromatic carbocycles. The standard InChI is InChI=1S/C16H13Cl2N5/c1-9-20-15-13(12-5-4-10(17)6-14(12)18)7-11(8-19)23(15)16(21-9)22(2)3/h4-7H,1-3H3. The molecule has 0 aliphatic carbocycles. The molecule has 0 saturated heterocycles. The minimum absolute atomic E-state index is 0.449. The molecule has 0 bridgehead atoms. The fourth-order valence-electron chi connectivity index (χ4n) is 2.47. The molecule has 0 fully saturated rings. The number of hydrogen-bond donors (Lipinski definition) is 0. The number of rotatable bonds is 2. The van der Waals surface area contributed by atoms with E-state index in [1.807, 2.05) is 32.0 Å². The van der Waals surface area contributed by atoms with Crippen LogP contribution in [-0.4, -0.2) is 28.5 Å². The zero-order valence-electron chi connectivity index (χ0n) is 12.8. The van der Waals surface area contributed by atoms with Gasteiger partial charge in [-0.1, -0.05) is 29.3 Å². The van der Waals surface area contributed by atoms with E-state index in [4.69, 9.17) is 23.2 Å². The molecule has 2 heterocycles. The number of aromatic nitrogens is 3. The fraction of sp³-hybridized carbons (Fsp3) is 0.188. The zero-order chi connectivity index (χ0) is 16.7. The van der Waals surface area contributed by atoms with E-state index in [1.54, 1.807) is 22.6 Å². The molecule has 7 heteroatoms. The van der Waals surface area contributed by atoms with Gasteiger partial charge in [0, 0.05) is 30.2 Å². The topological polar surface area (TPSA) is 57.2 Å². The summed E-state index contributed by atoms with van der Waals surface area (Å²) in [4.78, 5) is 10.8. The van der Waals surface area contributed by atoms with E-state index in [1.165, 1.54) is 0 Å². The second-order valence-corrected chi connectivity index (χ2v) is 6.15. The lowest BCUT2D eigenvalue weighted by Crippen LogP contribution is -2.17. The van der Waals surface area contributed by atoms with Crippen LogP contribution in [0, 0.1) is 18.3 Å². The summed E-state index contributed by atoms with van der Waals surface area (Å²) in [6.07, 6.45) is 0. The van der Waals surface area contributed by atoms with Gasteiger partial charge < -0.3 is 4.90 Å². The third kappa shape index (κ3) is 2.61. The van der Waals surface area contributed by atoms with Crippen LogP contribution in [0.2, 0.25) is 10.0 Å². The highest BCUT2D eigenvalue weighted by Gasteiger charge is 2.19. The largest absolute Gasteiger partial charge is 0.348 e. The van der Waals surface area contributed by atoms with Crippen molar-refractivity contribution in [3.63, 3.8) is 0 Å². The number of hydrogen-bond acceptors (Lipinski definition) is 4. The van der Waals surface area contributed by atoms with Gasteiger partial charge in [0.1, 0.15) is 17.6 Å². The lowest BCUT2D eigenvalue weighted by Gasteiger charge is -2.15. The molecule has 0 amide bonds. The molecule has 2 aromatic heterocycles. The van der Waals surface area contributed by atoms with E-state index in [-0.39, 0.29) is 0 Å². The van der Waals surface area contributed by atoms with E-state index >= 15 is 0 Å². The molecule has 0 N–H and O–H groups in total. The number of fused-ring (bicyclic) bond motifs is 1. The molecule has 0 spiro atoms. The van der Waals surface area contributed by atoms with Crippen LogP contribution in [0.4, 0.5) is 5.95 Å². The monoisotopic (exact) mass is 345 g/mol. The van der Waals surface area contributed by atoms with Crippen molar-refractivity contribution in [3.8, 4) is 17.2 Å². The van der Waals surface area contributed by atoms with Gasteiger partial charge in [-0.25, -0.2) is 4.98 Å². The summed E-state index contributed by atoms with van der Waals surface area (Å²) >= 11 is 12.3. The Morgan fingerprint density at radius 2 is 1.87 bits per heavy atom. The van der Waals surface area contributed by atoms with E-state index in [0.717, 1.165) is 11.1 Å². The Morgan fingerprint density at radius 3 is 2.48 bits per heavy atom. The molecule has 0 aliphatic heterocycles. The van der Waals surface area contributed by atoms with Crippen LogP contribution in [-0.2, 0) is 0 Å². The number of halogens is 2. The summed E-state index contributed by atoms with van der Waals surface area (Å²) < 4.78 is 1.73. The highest BCUT2D eigenvalue weighted by atomic mass is 35.5. The Hall–Kier alpha value is -2.29. The summed E-state index contributed by atoms with van der Waals surface area (Å²) in [7, 11) is 3.74. The second kappa shape index (κ2) is 5.73. The van der Waals surface area contributed by atoms with E-state index in [9.17, 15) is 5.26 Å². The van der Waals surface area contributed by atoms with Crippen molar-refractivity contribution < 1.29 is 0 Å². The van der Waals surface area contributed by atoms with E-state index in [0.29, 0.717) is 33.2 Å². The Bertz CT molecular complexity index is 953. The van der Waals surface area contributed by atoms with Gasteiger partial charge in [0.15, 0.2) is 5.65 Å². The van der Waals surface area contributed by atoms with Gasteiger partial charge >= 0.3 is 0 Å². The Balaban J connectivity index is 2.42. The van der Waals surface area contributed by atoms with Gasteiger partial charge in [0.25, 0.3) is 0 Å². The number of nitrogens with zero attached hydrogens (tertiary/aromatic N) is 5. The molecule has 3 aromatic rings. The highest BCUT2D eigenvalue weighted by molar-refractivity contribution is 6.36. The van der Waals surface area contributed by atoms with Crippen molar-refractivity contribution in [2.45, 2.75) is 6.92 Å². The quantitative estimate of drug-likeness (QED) is 0.705. The van der Waals surface area contributed by atoms with Gasteiger partial charge in [-0.2, -0.15) is 10.2 Å². The number of nitriles is 1. The van der Waals surface area contributed by atoms with Crippen LogP contribution in [0.1, 0.15) is 11.5 Å². The number of anilines is 1. The molecule has 0 aliphatic rings. The van der Waals surface area contributed by atoms with E-state index in [2.05, 4.69) is 16.0 Å². The average Bonchev–Trinajstić information content (AvgIpc) is 2.84. The summed E-state index contributed by atoms with van der Waals surface area (Å²) in [5, 5.41) is 10.6. The predicted octanol–water partition coefficient (Wildman–Crippen LogP) is 3.95. The van der Waals surface area contributed by atoms with Crippen molar-refractivity contribution in [1.82, 2.24) is 14.4 Å². The molecule has 3 rings (SSSR count). The SMILES string of the molecule is Cc1nc(N(C)C)n2c(C#N)cc(-c3ccc(Cl)cc3Cl)c2n1. The fourth-order valence-corrected chi connectivity index (χ4v) is 2.98. The van der Waals surface area contributed by atoms with Gasteiger partial charge in [0.2, 0.25) is 5.95 Å². The van der Waals surface area contributed by atoms with Crippen molar-refractivity contribution in [1.29, 1.82) is 5.26 Å². The molecule has 5 nitrogen and oxygen atoms in total. The van der Waals surface area contributed by atoms with E-state index < -0.39 is 0 Å². The molecule has 0 atom stereocenters. The van der Waals surface area contributed by atoms with Crippen molar-refractivity contribution in [3.05, 3.63) is 45.8 Å². The summed E-state index contributed by atoms with van der Waals surface area (Å²) in [6.45, 7) is 1.82. The summed E-state index contributed by atoms with van der Waals surface area (Å²) in [5.41, 5.74) is 2.64. The van der Waals surface area contributed by atoms with Crippen LogP contribution in [0.5, 0.6) is 0 Å². The normalized spacial score (nSPS) is 10.8. The van der Waals surface area contributed by atoms with Gasteiger partial charge in [0.05, 0.1) is 5.02 Å². The Kier molecular flexibility index (Phi) is 3.88.